The molecule has 0 saturated carbocycles. The van der Waals surface area contributed by atoms with E-state index in [0.717, 1.165) is 0 Å². The van der Waals surface area contributed by atoms with Gasteiger partial charge in [0.2, 0.25) is 0 Å². The third-order valence-electron chi connectivity index (χ3n) is 0.275. The topological polar surface area (TPSA) is 33.0 Å². The van der Waals surface area contributed by atoms with E-state index in [0.29, 0.717) is 6.61 Å². The Bertz CT molecular complexity index is 54.8. The number of thiocarbonyl (C=S) groups is 1. The summed E-state index contributed by atoms with van der Waals surface area (Å²) in [5.41, 5.74) is 6.49. The largest absolute Gasteiger partial charge is 0.470 e. The van der Waals surface area contributed by atoms with E-state index in [1.54, 1.807) is 6.92 Å². The predicted octanol–water partition coefficient (Wildman–Crippen LogP) is 0.591. The molecule has 0 aliphatic heterocycles. The SMILES string of the molecule is CCOC([NH])=S. The molecule has 0 aromatic carbocycles. The van der Waals surface area contributed by atoms with Crippen LogP contribution >= 0.6 is 12.2 Å². The lowest BCUT2D eigenvalue weighted by Crippen LogP contribution is -1.99. The molecule has 0 rings (SSSR count). The van der Waals surface area contributed by atoms with Crippen LogP contribution in [0.4, 0.5) is 0 Å². The second kappa shape index (κ2) is 2.90. The van der Waals surface area contributed by atoms with Gasteiger partial charge in [-0.3, -0.25) is 5.73 Å². The molecular weight excluding hydrogens is 98.1 g/mol. The van der Waals surface area contributed by atoms with E-state index in [4.69, 9.17) is 5.73 Å². The van der Waals surface area contributed by atoms with E-state index in [1.165, 1.54) is 0 Å². The van der Waals surface area contributed by atoms with Crippen molar-refractivity contribution < 1.29 is 4.74 Å². The number of hydrogen-bond acceptors (Lipinski definition) is 2. The number of rotatable bonds is 1. The average Bonchev–Trinajstić information content (AvgIpc) is 1.35. The first-order valence-electron chi connectivity index (χ1n) is 1.65. The Labute approximate surface area is 42.3 Å². The van der Waals surface area contributed by atoms with Crippen LogP contribution in [0.5, 0.6) is 0 Å². The Morgan fingerprint density at radius 3 is 2.50 bits per heavy atom. The summed E-state index contributed by atoms with van der Waals surface area (Å²) < 4.78 is 4.44. The Morgan fingerprint density at radius 2 is 2.50 bits per heavy atom. The van der Waals surface area contributed by atoms with Gasteiger partial charge in [-0.1, -0.05) is 0 Å². The zero-order chi connectivity index (χ0) is 4.99. The first-order valence-corrected chi connectivity index (χ1v) is 2.06. The molecule has 1 radical (unpaired) electrons. The van der Waals surface area contributed by atoms with Crippen LogP contribution in [0.2, 0.25) is 0 Å². The van der Waals surface area contributed by atoms with Gasteiger partial charge in [-0.05, 0) is 19.1 Å². The van der Waals surface area contributed by atoms with Crippen LogP contribution in [-0.2, 0) is 4.74 Å². The molecule has 0 aromatic rings. The Morgan fingerprint density at radius 1 is 2.00 bits per heavy atom. The van der Waals surface area contributed by atoms with Crippen molar-refractivity contribution in [3.63, 3.8) is 0 Å². The van der Waals surface area contributed by atoms with Gasteiger partial charge in [0.1, 0.15) is 0 Å². The normalized spacial score (nSPS) is 7.50. The summed E-state index contributed by atoms with van der Waals surface area (Å²) in [6, 6.07) is 0. The molecule has 6 heavy (non-hydrogen) atoms. The second-order valence-corrected chi connectivity index (χ2v) is 1.09. The van der Waals surface area contributed by atoms with Gasteiger partial charge in [0.25, 0.3) is 5.17 Å². The molecule has 0 aromatic heterocycles. The van der Waals surface area contributed by atoms with E-state index in [-0.39, 0.29) is 5.17 Å². The summed E-state index contributed by atoms with van der Waals surface area (Å²) in [5, 5.41) is -0.127. The van der Waals surface area contributed by atoms with Crippen LogP contribution in [0, 0.1) is 0 Å². The van der Waals surface area contributed by atoms with Crippen molar-refractivity contribution in [1.82, 2.24) is 5.73 Å². The quantitative estimate of drug-likeness (QED) is 0.456. The number of ether oxygens (including phenoxy) is 1. The Balaban J connectivity index is 2.83. The van der Waals surface area contributed by atoms with Gasteiger partial charge in [0.05, 0.1) is 6.61 Å². The van der Waals surface area contributed by atoms with Crippen LogP contribution < -0.4 is 5.73 Å². The number of hydrogen-bond donors (Lipinski definition) is 0. The minimum atomic E-state index is -0.127. The Hall–Kier alpha value is -0.310. The minimum absolute atomic E-state index is 0.127. The van der Waals surface area contributed by atoms with Crippen LogP contribution in [0.3, 0.4) is 0 Å². The maximum atomic E-state index is 6.49. The van der Waals surface area contributed by atoms with Gasteiger partial charge in [0.15, 0.2) is 0 Å². The molecule has 0 spiro atoms. The summed E-state index contributed by atoms with van der Waals surface area (Å²) in [6.45, 7) is 2.29. The Kier molecular flexibility index (Phi) is 2.75. The third-order valence-corrected chi connectivity index (χ3v) is 0.393. The molecule has 0 saturated heterocycles. The van der Waals surface area contributed by atoms with Crippen molar-refractivity contribution >= 4 is 17.4 Å². The summed E-state index contributed by atoms with van der Waals surface area (Å²) in [5.74, 6) is 0. The third kappa shape index (κ3) is 3.69. The molecule has 3 heteroatoms. The van der Waals surface area contributed by atoms with Crippen molar-refractivity contribution in [1.29, 1.82) is 0 Å². The average molecular weight is 104 g/mol. The highest BCUT2D eigenvalue weighted by Gasteiger charge is 1.78. The molecule has 0 fully saturated rings. The monoisotopic (exact) mass is 104 g/mol. The lowest BCUT2D eigenvalue weighted by Gasteiger charge is -1.91. The van der Waals surface area contributed by atoms with Crippen molar-refractivity contribution in [3.8, 4) is 0 Å². The molecule has 0 bridgehead atoms. The van der Waals surface area contributed by atoms with E-state index < -0.39 is 0 Å². The number of nitrogens with one attached hydrogen (secondary N) is 1. The first kappa shape index (κ1) is 5.69. The zero-order valence-electron chi connectivity index (χ0n) is 3.52. The predicted molar refractivity (Wildman–Crippen MR) is 27.3 cm³/mol. The fourth-order valence-electron chi connectivity index (χ4n) is 0.131. The molecule has 0 heterocycles. The molecule has 0 amide bonds. The summed E-state index contributed by atoms with van der Waals surface area (Å²) >= 11 is 4.24. The second-order valence-electron chi connectivity index (χ2n) is 0.720. The van der Waals surface area contributed by atoms with Gasteiger partial charge >= 0.3 is 0 Å². The highest BCUT2D eigenvalue weighted by atomic mass is 32.1. The van der Waals surface area contributed by atoms with Crippen molar-refractivity contribution in [3.05, 3.63) is 0 Å². The molecule has 2 nitrogen and oxygen atoms in total. The fourth-order valence-corrected chi connectivity index (χ4v) is 0.249. The molecule has 35 valence electrons. The van der Waals surface area contributed by atoms with E-state index in [2.05, 4.69) is 17.0 Å². The highest BCUT2D eigenvalue weighted by Crippen LogP contribution is 1.70. The summed E-state index contributed by atoms with van der Waals surface area (Å²) in [6.07, 6.45) is 0. The lowest BCUT2D eigenvalue weighted by molar-refractivity contribution is 0.330. The van der Waals surface area contributed by atoms with Crippen LogP contribution in [0.25, 0.3) is 0 Å². The molecule has 0 aliphatic rings. The molecule has 0 atom stereocenters. The minimum Gasteiger partial charge on any atom is -0.470 e. The van der Waals surface area contributed by atoms with Gasteiger partial charge in [-0.2, -0.15) is 0 Å². The lowest BCUT2D eigenvalue weighted by atomic mass is 10.9. The smallest absolute Gasteiger partial charge is 0.275 e. The zero-order valence-corrected chi connectivity index (χ0v) is 4.34. The summed E-state index contributed by atoms with van der Waals surface area (Å²) in [4.78, 5) is 0. The first-order chi connectivity index (χ1) is 2.77. The standard InChI is InChI=1S/C3H6NOS/c1-2-5-3(4)6/h4H,2H2,1H3. The van der Waals surface area contributed by atoms with Crippen molar-refractivity contribution in [2.24, 2.45) is 0 Å². The van der Waals surface area contributed by atoms with Crippen LogP contribution in [0.15, 0.2) is 0 Å². The molecule has 0 unspecified atom stereocenters. The van der Waals surface area contributed by atoms with E-state index >= 15 is 0 Å². The van der Waals surface area contributed by atoms with Crippen molar-refractivity contribution in [2.75, 3.05) is 6.61 Å². The molecular formula is C3H6NOS. The summed E-state index contributed by atoms with van der Waals surface area (Å²) in [7, 11) is 0. The fraction of sp³-hybridized carbons (Fsp3) is 0.667. The molecule has 0 aliphatic carbocycles. The van der Waals surface area contributed by atoms with Crippen LogP contribution in [0.1, 0.15) is 6.92 Å². The highest BCUT2D eigenvalue weighted by molar-refractivity contribution is 7.79. The van der Waals surface area contributed by atoms with Gasteiger partial charge in [0, 0.05) is 0 Å². The van der Waals surface area contributed by atoms with Gasteiger partial charge in [-0.25, -0.2) is 0 Å². The van der Waals surface area contributed by atoms with Crippen molar-refractivity contribution in [2.45, 2.75) is 6.92 Å². The van der Waals surface area contributed by atoms with E-state index in [1.807, 2.05) is 0 Å². The van der Waals surface area contributed by atoms with Crippen LogP contribution in [-0.4, -0.2) is 11.8 Å². The molecule has 1 N–H and O–H groups in total. The van der Waals surface area contributed by atoms with E-state index in [9.17, 15) is 0 Å². The maximum absolute atomic E-state index is 6.49. The maximum Gasteiger partial charge on any atom is 0.275 e. The van der Waals surface area contributed by atoms with Gasteiger partial charge < -0.3 is 4.74 Å². The van der Waals surface area contributed by atoms with Gasteiger partial charge in [-0.15, -0.1) is 0 Å².